The van der Waals surface area contributed by atoms with E-state index in [-0.39, 0.29) is 0 Å². The lowest BCUT2D eigenvalue weighted by Gasteiger charge is -2.28. The van der Waals surface area contributed by atoms with Crippen LogP contribution in [0.3, 0.4) is 0 Å². The van der Waals surface area contributed by atoms with Gasteiger partial charge in [0.1, 0.15) is 0 Å². The SMILES string of the molecule is CCCN1CCC(C2CCNCC2)C1. The van der Waals surface area contributed by atoms with Gasteiger partial charge in [-0.3, -0.25) is 0 Å². The lowest BCUT2D eigenvalue weighted by atomic mass is 9.84. The van der Waals surface area contributed by atoms with Gasteiger partial charge in [0.15, 0.2) is 0 Å². The molecule has 2 aliphatic rings. The average Bonchev–Trinajstić information content (AvgIpc) is 2.68. The number of hydrogen-bond acceptors (Lipinski definition) is 2. The molecule has 2 nitrogen and oxygen atoms in total. The molecule has 2 rings (SSSR count). The van der Waals surface area contributed by atoms with Gasteiger partial charge in [-0.05, 0) is 63.7 Å². The van der Waals surface area contributed by atoms with Gasteiger partial charge >= 0.3 is 0 Å². The van der Waals surface area contributed by atoms with Gasteiger partial charge in [0.2, 0.25) is 0 Å². The Labute approximate surface area is 88.1 Å². The molecule has 2 saturated heterocycles. The molecule has 82 valence electrons. The van der Waals surface area contributed by atoms with Crippen LogP contribution in [-0.4, -0.2) is 37.6 Å². The molecule has 1 N–H and O–H groups in total. The Morgan fingerprint density at radius 1 is 1.14 bits per heavy atom. The van der Waals surface area contributed by atoms with Gasteiger partial charge in [-0.25, -0.2) is 0 Å². The zero-order chi connectivity index (χ0) is 9.80. The molecule has 2 fully saturated rings. The van der Waals surface area contributed by atoms with Gasteiger partial charge in [0.25, 0.3) is 0 Å². The van der Waals surface area contributed by atoms with E-state index in [1.54, 1.807) is 0 Å². The normalized spacial score (nSPS) is 31.1. The summed E-state index contributed by atoms with van der Waals surface area (Å²) < 4.78 is 0. The van der Waals surface area contributed by atoms with Gasteiger partial charge in [-0.2, -0.15) is 0 Å². The molecule has 1 unspecified atom stereocenters. The van der Waals surface area contributed by atoms with E-state index < -0.39 is 0 Å². The van der Waals surface area contributed by atoms with Gasteiger partial charge in [0.05, 0.1) is 0 Å². The quantitative estimate of drug-likeness (QED) is 0.739. The highest BCUT2D eigenvalue weighted by atomic mass is 15.1. The number of rotatable bonds is 3. The summed E-state index contributed by atoms with van der Waals surface area (Å²) >= 11 is 0. The molecule has 2 heteroatoms. The number of nitrogens with one attached hydrogen (secondary N) is 1. The summed E-state index contributed by atoms with van der Waals surface area (Å²) in [7, 11) is 0. The van der Waals surface area contributed by atoms with E-state index in [1.165, 1.54) is 58.4 Å². The van der Waals surface area contributed by atoms with Crippen molar-refractivity contribution >= 4 is 0 Å². The fraction of sp³-hybridized carbons (Fsp3) is 1.00. The summed E-state index contributed by atoms with van der Waals surface area (Å²) in [6.45, 7) is 8.88. The van der Waals surface area contributed by atoms with Crippen LogP contribution < -0.4 is 5.32 Å². The number of nitrogens with zero attached hydrogens (tertiary/aromatic N) is 1. The topological polar surface area (TPSA) is 15.3 Å². The van der Waals surface area contributed by atoms with E-state index in [9.17, 15) is 0 Å². The molecule has 0 aromatic carbocycles. The van der Waals surface area contributed by atoms with Crippen LogP contribution in [0, 0.1) is 11.8 Å². The third-order valence-electron chi connectivity index (χ3n) is 3.90. The van der Waals surface area contributed by atoms with Crippen LogP contribution in [0.1, 0.15) is 32.6 Å². The molecular formula is C12H24N2. The highest BCUT2D eigenvalue weighted by Crippen LogP contribution is 2.29. The van der Waals surface area contributed by atoms with Crippen LogP contribution in [0.2, 0.25) is 0 Å². The largest absolute Gasteiger partial charge is 0.317 e. The van der Waals surface area contributed by atoms with E-state index in [0.717, 1.165) is 11.8 Å². The van der Waals surface area contributed by atoms with Gasteiger partial charge in [-0.1, -0.05) is 6.92 Å². The summed E-state index contributed by atoms with van der Waals surface area (Å²) in [4.78, 5) is 2.66. The third-order valence-corrected chi connectivity index (χ3v) is 3.90. The summed E-state index contributed by atoms with van der Waals surface area (Å²) in [6.07, 6.45) is 5.62. The van der Waals surface area contributed by atoms with Crippen molar-refractivity contribution in [3.63, 3.8) is 0 Å². The highest BCUT2D eigenvalue weighted by molar-refractivity contribution is 4.83. The summed E-state index contributed by atoms with van der Waals surface area (Å²) in [5.74, 6) is 2.04. The predicted octanol–water partition coefficient (Wildman–Crippen LogP) is 1.72. The molecule has 0 spiro atoms. The van der Waals surface area contributed by atoms with Crippen molar-refractivity contribution in [2.45, 2.75) is 32.6 Å². The van der Waals surface area contributed by atoms with Crippen molar-refractivity contribution in [3.8, 4) is 0 Å². The molecule has 1 atom stereocenters. The van der Waals surface area contributed by atoms with Crippen LogP contribution in [0.25, 0.3) is 0 Å². The molecule has 2 aliphatic heterocycles. The first-order valence-electron chi connectivity index (χ1n) is 6.33. The third kappa shape index (κ3) is 2.48. The molecule has 0 amide bonds. The first-order chi connectivity index (χ1) is 6.90. The maximum atomic E-state index is 3.46. The molecular weight excluding hydrogens is 172 g/mol. The van der Waals surface area contributed by atoms with E-state index in [0.29, 0.717) is 0 Å². The Morgan fingerprint density at radius 3 is 2.64 bits per heavy atom. The maximum Gasteiger partial charge on any atom is 0.00128 e. The fourth-order valence-electron chi connectivity index (χ4n) is 3.08. The monoisotopic (exact) mass is 196 g/mol. The van der Waals surface area contributed by atoms with E-state index in [4.69, 9.17) is 0 Å². The second kappa shape index (κ2) is 5.13. The van der Waals surface area contributed by atoms with E-state index >= 15 is 0 Å². The Kier molecular flexibility index (Phi) is 3.82. The standard InChI is InChI=1S/C12H24N2/c1-2-8-14-9-5-12(10-14)11-3-6-13-7-4-11/h11-13H,2-10H2,1H3. The zero-order valence-corrected chi connectivity index (χ0v) is 9.47. The van der Waals surface area contributed by atoms with Crippen molar-refractivity contribution in [3.05, 3.63) is 0 Å². The molecule has 14 heavy (non-hydrogen) atoms. The van der Waals surface area contributed by atoms with Crippen molar-refractivity contribution in [1.29, 1.82) is 0 Å². The minimum atomic E-state index is 1.02. The molecule has 0 radical (unpaired) electrons. The average molecular weight is 196 g/mol. The smallest absolute Gasteiger partial charge is 0.00128 e. The zero-order valence-electron chi connectivity index (χ0n) is 9.47. The fourth-order valence-corrected chi connectivity index (χ4v) is 3.08. The van der Waals surface area contributed by atoms with Crippen molar-refractivity contribution in [1.82, 2.24) is 10.2 Å². The molecule has 0 aromatic heterocycles. The second-order valence-corrected chi connectivity index (χ2v) is 4.94. The Balaban J connectivity index is 1.76. The van der Waals surface area contributed by atoms with Crippen LogP contribution in [0.15, 0.2) is 0 Å². The second-order valence-electron chi connectivity index (χ2n) is 4.94. The van der Waals surface area contributed by atoms with Crippen molar-refractivity contribution in [2.24, 2.45) is 11.8 Å². The first-order valence-corrected chi connectivity index (χ1v) is 6.33. The highest BCUT2D eigenvalue weighted by Gasteiger charge is 2.29. The van der Waals surface area contributed by atoms with Crippen LogP contribution in [0.4, 0.5) is 0 Å². The van der Waals surface area contributed by atoms with Gasteiger partial charge in [-0.15, -0.1) is 0 Å². The summed E-state index contributed by atoms with van der Waals surface area (Å²) in [5, 5.41) is 3.46. The van der Waals surface area contributed by atoms with Crippen molar-refractivity contribution in [2.75, 3.05) is 32.7 Å². The lowest BCUT2D eigenvalue weighted by Crippen LogP contribution is -2.33. The number of piperidine rings is 1. The molecule has 0 aromatic rings. The van der Waals surface area contributed by atoms with Gasteiger partial charge < -0.3 is 10.2 Å². The van der Waals surface area contributed by atoms with Crippen LogP contribution >= 0.6 is 0 Å². The molecule has 2 heterocycles. The van der Waals surface area contributed by atoms with Gasteiger partial charge in [0, 0.05) is 6.54 Å². The van der Waals surface area contributed by atoms with E-state index in [2.05, 4.69) is 17.1 Å². The molecule has 0 bridgehead atoms. The van der Waals surface area contributed by atoms with Crippen LogP contribution in [0.5, 0.6) is 0 Å². The number of likely N-dealkylation sites (tertiary alicyclic amines) is 1. The van der Waals surface area contributed by atoms with E-state index in [1.807, 2.05) is 0 Å². The van der Waals surface area contributed by atoms with Crippen molar-refractivity contribution < 1.29 is 0 Å². The minimum absolute atomic E-state index is 1.02. The Morgan fingerprint density at radius 2 is 1.93 bits per heavy atom. The summed E-state index contributed by atoms with van der Waals surface area (Å²) in [6, 6.07) is 0. The number of hydrogen-bond donors (Lipinski definition) is 1. The lowest BCUT2D eigenvalue weighted by molar-refractivity contribution is 0.245. The maximum absolute atomic E-state index is 3.46. The minimum Gasteiger partial charge on any atom is -0.317 e. The predicted molar refractivity (Wildman–Crippen MR) is 60.4 cm³/mol. The van der Waals surface area contributed by atoms with Crippen LogP contribution in [-0.2, 0) is 0 Å². The molecule has 0 aliphatic carbocycles. The Bertz CT molecular complexity index is 164. The Hall–Kier alpha value is -0.0800. The summed E-state index contributed by atoms with van der Waals surface area (Å²) in [5.41, 5.74) is 0. The first kappa shape index (κ1) is 10.4. The molecule has 0 saturated carbocycles.